The zero-order chi connectivity index (χ0) is 14.2. The minimum atomic E-state index is -4.55. The molecule has 4 saturated carbocycles. The Labute approximate surface area is 113 Å². The van der Waals surface area contributed by atoms with E-state index in [1.165, 1.54) is 0 Å². The van der Waals surface area contributed by atoms with Gasteiger partial charge in [-0.25, -0.2) is 4.98 Å². The molecule has 2 bridgehead atoms. The fourth-order valence-corrected chi connectivity index (χ4v) is 3.90. The largest absolute Gasteiger partial charge is 0.522 e. The van der Waals surface area contributed by atoms with Gasteiger partial charge < -0.3 is 10.2 Å². The van der Waals surface area contributed by atoms with Gasteiger partial charge in [-0.05, 0) is 32.1 Å². The van der Waals surface area contributed by atoms with Crippen molar-refractivity contribution in [2.75, 3.05) is 0 Å². The molecule has 0 radical (unpaired) electrons. The molecular formula is C13H15F3N2O2. The second-order valence-electron chi connectivity index (χ2n) is 6.60. The van der Waals surface area contributed by atoms with Crippen LogP contribution in [-0.4, -0.2) is 23.0 Å². The molecule has 0 aromatic carbocycles. The summed E-state index contributed by atoms with van der Waals surface area (Å²) in [6.07, 6.45) is -0.306. The number of hydrogen-bond acceptors (Lipinski definition) is 4. The molecule has 20 heavy (non-hydrogen) atoms. The van der Waals surface area contributed by atoms with Crippen LogP contribution in [0.4, 0.5) is 13.2 Å². The molecule has 1 aromatic rings. The summed E-state index contributed by atoms with van der Waals surface area (Å²) in [5, 5.41) is 0. The molecule has 0 unspecified atom stereocenters. The van der Waals surface area contributed by atoms with Crippen LogP contribution in [0.1, 0.15) is 49.6 Å². The van der Waals surface area contributed by atoms with Gasteiger partial charge in [-0.2, -0.15) is 0 Å². The fourth-order valence-electron chi connectivity index (χ4n) is 3.90. The summed E-state index contributed by atoms with van der Waals surface area (Å²) in [7, 11) is 0. The van der Waals surface area contributed by atoms with Crippen molar-refractivity contribution in [1.82, 2.24) is 4.98 Å². The third-order valence-corrected chi connectivity index (χ3v) is 4.86. The predicted molar refractivity (Wildman–Crippen MR) is 61.9 cm³/mol. The molecule has 5 rings (SSSR count). The highest BCUT2D eigenvalue weighted by atomic mass is 19.4. The van der Waals surface area contributed by atoms with Crippen molar-refractivity contribution in [3.05, 3.63) is 17.8 Å². The van der Waals surface area contributed by atoms with Crippen molar-refractivity contribution in [3.8, 4) is 0 Å². The Bertz CT molecular complexity index is 528. The molecule has 4 fully saturated rings. The Kier molecular flexibility index (Phi) is 2.26. The van der Waals surface area contributed by atoms with Crippen molar-refractivity contribution >= 4 is 0 Å². The van der Waals surface area contributed by atoms with E-state index in [0.717, 1.165) is 25.0 Å². The van der Waals surface area contributed by atoms with Crippen LogP contribution in [0.15, 0.2) is 10.7 Å². The number of aromatic nitrogens is 1. The molecule has 0 spiro atoms. The van der Waals surface area contributed by atoms with Gasteiger partial charge in [0.05, 0.1) is 17.2 Å². The minimum absolute atomic E-state index is 0.0125. The van der Waals surface area contributed by atoms with Crippen LogP contribution in [0.5, 0.6) is 0 Å². The van der Waals surface area contributed by atoms with E-state index in [9.17, 15) is 13.2 Å². The van der Waals surface area contributed by atoms with Crippen molar-refractivity contribution in [2.24, 2.45) is 5.73 Å². The van der Waals surface area contributed by atoms with E-state index in [4.69, 9.17) is 10.2 Å². The Balaban J connectivity index is 1.37. The number of nitrogens with zero attached hydrogens (tertiary/aromatic N) is 1. The Morgan fingerprint density at radius 2 is 1.95 bits per heavy atom. The van der Waals surface area contributed by atoms with Gasteiger partial charge in [0.1, 0.15) is 6.26 Å². The number of oxazole rings is 1. The van der Waals surface area contributed by atoms with Gasteiger partial charge in [0.25, 0.3) is 0 Å². The molecule has 4 aliphatic rings. The topological polar surface area (TPSA) is 61.3 Å². The first-order valence-electron chi connectivity index (χ1n) is 6.76. The zero-order valence-electron chi connectivity index (χ0n) is 10.7. The maximum Gasteiger partial charge on any atom is 0.522 e. The highest BCUT2D eigenvalue weighted by molar-refractivity contribution is 5.34. The summed E-state index contributed by atoms with van der Waals surface area (Å²) in [6, 6.07) is 0. The summed E-state index contributed by atoms with van der Waals surface area (Å²) >= 11 is 0. The van der Waals surface area contributed by atoms with Gasteiger partial charge in [-0.1, -0.05) is 0 Å². The predicted octanol–water partition coefficient (Wildman–Crippen LogP) is 2.59. The van der Waals surface area contributed by atoms with Crippen molar-refractivity contribution < 1.29 is 22.3 Å². The lowest BCUT2D eigenvalue weighted by Crippen LogP contribution is -2.74. The zero-order valence-corrected chi connectivity index (χ0v) is 10.7. The number of hydrogen-bond donors (Lipinski definition) is 1. The Morgan fingerprint density at radius 1 is 1.30 bits per heavy atom. The lowest BCUT2D eigenvalue weighted by Gasteiger charge is -2.67. The normalized spacial score (nSPS) is 42.6. The minimum Gasteiger partial charge on any atom is -0.448 e. The quantitative estimate of drug-likeness (QED) is 0.928. The average molecular weight is 288 g/mol. The van der Waals surface area contributed by atoms with E-state index in [-0.39, 0.29) is 16.9 Å². The molecule has 4 nitrogen and oxygen atoms in total. The number of ether oxygens (including phenoxy) is 1. The molecule has 0 amide bonds. The summed E-state index contributed by atoms with van der Waals surface area (Å²) < 4.78 is 45.6. The van der Waals surface area contributed by atoms with E-state index >= 15 is 0 Å². The van der Waals surface area contributed by atoms with E-state index in [0.29, 0.717) is 18.7 Å². The maximum absolute atomic E-state index is 12.0. The molecule has 2 N–H and O–H groups in total. The van der Waals surface area contributed by atoms with Crippen LogP contribution in [0, 0.1) is 0 Å². The van der Waals surface area contributed by atoms with Gasteiger partial charge in [0.2, 0.25) is 5.89 Å². The average Bonchev–Trinajstić information content (AvgIpc) is 2.64. The lowest BCUT2D eigenvalue weighted by molar-refractivity contribution is -0.351. The molecule has 7 heteroatoms. The summed E-state index contributed by atoms with van der Waals surface area (Å²) in [5.74, 6) is 0.721. The summed E-state index contributed by atoms with van der Waals surface area (Å²) in [4.78, 5) is 4.47. The lowest BCUT2D eigenvalue weighted by atomic mass is 9.40. The van der Waals surface area contributed by atoms with E-state index in [1.807, 2.05) is 0 Å². The molecule has 1 aromatic heterocycles. The fraction of sp³-hybridized carbons (Fsp3) is 0.769. The van der Waals surface area contributed by atoms with Crippen molar-refractivity contribution in [3.63, 3.8) is 0 Å². The third-order valence-electron chi connectivity index (χ3n) is 4.86. The molecule has 0 aliphatic heterocycles. The number of alkyl halides is 3. The first-order valence-corrected chi connectivity index (χ1v) is 6.76. The third kappa shape index (κ3) is 1.79. The van der Waals surface area contributed by atoms with Gasteiger partial charge in [0, 0.05) is 11.5 Å². The van der Waals surface area contributed by atoms with E-state index in [1.54, 1.807) is 6.26 Å². The molecular weight excluding hydrogens is 273 g/mol. The highest BCUT2D eigenvalue weighted by Gasteiger charge is 2.69. The molecule has 4 aliphatic carbocycles. The van der Waals surface area contributed by atoms with Crippen molar-refractivity contribution in [1.29, 1.82) is 0 Å². The first kappa shape index (κ1) is 12.6. The smallest absolute Gasteiger partial charge is 0.448 e. The van der Waals surface area contributed by atoms with Crippen LogP contribution < -0.4 is 5.73 Å². The monoisotopic (exact) mass is 288 g/mol. The molecule has 0 atom stereocenters. The number of nitrogens with two attached hydrogens (primary N) is 1. The molecule has 110 valence electrons. The maximum atomic E-state index is 12.0. The summed E-state index contributed by atoms with van der Waals surface area (Å²) in [5.41, 5.74) is 6.74. The number of halogens is 3. The SMILES string of the molecule is NC12CC(c3nc(C4CC(OC(F)(F)F)C4)co3)(C1)C2. The molecule has 0 saturated heterocycles. The van der Waals surface area contributed by atoms with Gasteiger partial charge in [0.15, 0.2) is 0 Å². The Morgan fingerprint density at radius 3 is 2.50 bits per heavy atom. The van der Waals surface area contributed by atoms with Crippen LogP contribution in [0.2, 0.25) is 0 Å². The summed E-state index contributed by atoms with van der Waals surface area (Å²) in [6.45, 7) is 0. The number of rotatable bonds is 3. The van der Waals surface area contributed by atoms with Crippen LogP contribution in [-0.2, 0) is 10.2 Å². The van der Waals surface area contributed by atoms with Crippen LogP contribution in [0.25, 0.3) is 0 Å². The van der Waals surface area contributed by atoms with Crippen LogP contribution in [0.3, 0.4) is 0 Å². The highest BCUT2D eigenvalue weighted by Crippen LogP contribution is 2.66. The van der Waals surface area contributed by atoms with E-state index < -0.39 is 12.5 Å². The first-order chi connectivity index (χ1) is 9.27. The van der Waals surface area contributed by atoms with Gasteiger partial charge in [-0.15, -0.1) is 13.2 Å². The standard InChI is InChI=1S/C13H15F3N2O2/c14-13(15,16)20-8-1-7(2-8)9-3-19-10(18-9)11-4-12(17,5-11)6-11/h3,7-8H,1-2,4-6,17H2. The van der Waals surface area contributed by atoms with Crippen molar-refractivity contribution in [2.45, 2.75) is 61.4 Å². The van der Waals surface area contributed by atoms with Crippen LogP contribution >= 0.6 is 0 Å². The van der Waals surface area contributed by atoms with Gasteiger partial charge in [-0.3, -0.25) is 4.74 Å². The Hall–Kier alpha value is -1.08. The van der Waals surface area contributed by atoms with E-state index in [2.05, 4.69) is 9.72 Å². The van der Waals surface area contributed by atoms with Gasteiger partial charge >= 0.3 is 6.36 Å². The second kappa shape index (κ2) is 3.57. The molecule has 1 heterocycles. The second-order valence-corrected chi connectivity index (χ2v) is 6.60.